The molecule has 0 bridgehead atoms. The van der Waals surface area contributed by atoms with Gasteiger partial charge in [-0.15, -0.1) is 35.3 Å². The number of rotatable bonds is 7. The third kappa shape index (κ3) is 6.45. The van der Waals surface area contributed by atoms with Crippen molar-refractivity contribution in [2.45, 2.75) is 39.2 Å². The van der Waals surface area contributed by atoms with Gasteiger partial charge in [-0.05, 0) is 31.9 Å². The molecule has 0 spiro atoms. The molecule has 0 radical (unpaired) electrons. The Hall–Kier alpha value is -1.13. The van der Waals surface area contributed by atoms with Gasteiger partial charge in [0.25, 0.3) is 0 Å². The second-order valence-electron chi connectivity index (χ2n) is 6.48. The molecule has 2 aromatic heterocycles. The Bertz CT molecular complexity index is 768. The molecule has 2 aromatic rings. The van der Waals surface area contributed by atoms with E-state index >= 15 is 0 Å². The van der Waals surface area contributed by atoms with E-state index in [0.29, 0.717) is 11.1 Å². The SMILES string of the molecule is CCNC(=NCCc1csc(CC)n1)NC1CCN(c2ncccc2Cl)C1.I. The maximum Gasteiger partial charge on any atom is 0.191 e. The van der Waals surface area contributed by atoms with Gasteiger partial charge < -0.3 is 15.5 Å². The zero-order chi connectivity index (χ0) is 19.1. The van der Waals surface area contributed by atoms with Crippen LogP contribution in [0.1, 0.15) is 31.0 Å². The molecule has 2 N–H and O–H groups in total. The highest BCUT2D eigenvalue weighted by Crippen LogP contribution is 2.25. The van der Waals surface area contributed by atoms with Crippen molar-refractivity contribution < 1.29 is 0 Å². The summed E-state index contributed by atoms with van der Waals surface area (Å²) in [6, 6.07) is 4.07. The largest absolute Gasteiger partial charge is 0.357 e. The number of nitrogens with one attached hydrogen (secondary N) is 2. The van der Waals surface area contributed by atoms with E-state index in [2.05, 4.69) is 44.7 Å². The molecular formula is C19H28ClIN6S. The summed E-state index contributed by atoms with van der Waals surface area (Å²) in [5.74, 6) is 1.73. The van der Waals surface area contributed by atoms with Gasteiger partial charge >= 0.3 is 0 Å². The van der Waals surface area contributed by atoms with Gasteiger partial charge in [0.05, 0.1) is 15.7 Å². The van der Waals surface area contributed by atoms with Gasteiger partial charge in [-0.3, -0.25) is 4.99 Å². The number of pyridine rings is 1. The molecule has 154 valence electrons. The zero-order valence-electron chi connectivity index (χ0n) is 16.3. The molecule has 0 saturated carbocycles. The van der Waals surface area contributed by atoms with Gasteiger partial charge in [-0.1, -0.05) is 18.5 Å². The highest BCUT2D eigenvalue weighted by atomic mass is 127. The predicted octanol–water partition coefficient (Wildman–Crippen LogP) is 3.75. The molecule has 9 heteroatoms. The van der Waals surface area contributed by atoms with E-state index in [-0.39, 0.29) is 24.0 Å². The summed E-state index contributed by atoms with van der Waals surface area (Å²) in [5, 5.41) is 10.9. The molecule has 3 heterocycles. The zero-order valence-corrected chi connectivity index (χ0v) is 20.2. The molecule has 0 aliphatic carbocycles. The smallest absolute Gasteiger partial charge is 0.191 e. The minimum atomic E-state index is 0. The van der Waals surface area contributed by atoms with Crippen LogP contribution < -0.4 is 15.5 Å². The van der Waals surface area contributed by atoms with Crippen LogP contribution in [0.15, 0.2) is 28.7 Å². The quantitative estimate of drug-likeness (QED) is 0.322. The number of aromatic nitrogens is 2. The van der Waals surface area contributed by atoms with Crippen LogP contribution in [0.4, 0.5) is 5.82 Å². The van der Waals surface area contributed by atoms with Gasteiger partial charge in [-0.2, -0.15) is 0 Å². The Morgan fingerprint density at radius 3 is 3.00 bits per heavy atom. The van der Waals surface area contributed by atoms with E-state index in [1.54, 1.807) is 17.5 Å². The van der Waals surface area contributed by atoms with Crippen LogP contribution in [-0.4, -0.2) is 48.1 Å². The number of hydrogen-bond donors (Lipinski definition) is 2. The molecule has 1 saturated heterocycles. The summed E-state index contributed by atoms with van der Waals surface area (Å²) in [6.45, 7) is 7.59. The van der Waals surface area contributed by atoms with Crippen molar-refractivity contribution in [1.29, 1.82) is 0 Å². The average molecular weight is 535 g/mol. The number of thiazole rings is 1. The fraction of sp³-hybridized carbons (Fsp3) is 0.526. The molecule has 1 fully saturated rings. The van der Waals surface area contributed by atoms with Crippen LogP contribution in [-0.2, 0) is 12.8 Å². The van der Waals surface area contributed by atoms with E-state index in [1.165, 1.54) is 5.01 Å². The topological polar surface area (TPSA) is 65.4 Å². The molecule has 1 aliphatic rings. The van der Waals surface area contributed by atoms with Gasteiger partial charge in [0.2, 0.25) is 0 Å². The number of hydrogen-bond acceptors (Lipinski definition) is 5. The fourth-order valence-electron chi connectivity index (χ4n) is 3.10. The molecular weight excluding hydrogens is 507 g/mol. The lowest BCUT2D eigenvalue weighted by molar-refractivity contribution is 0.648. The molecule has 1 aliphatic heterocycles. The number of aliphatic imine (C=N–C) groups is 1. The minimum absolute atomic E-state index is 0. The number of anilines is 1. The fourth-order valence-corrected chi connectivity index (χ4v) is 4.12. The van der Waals surface area contributed by atoms with Crippen LogP contribution in [0.25, 0.3) is 0 Å². The Morgan fingerprint density at radius 2 is 2.29 bits per heavy atom. The molecule has 0 amide bonds. The van der Waals surface area contributed by atoms with Gasteiger partial charge in [0.1, 0.15) is 5.82 Å². The standard InChI is InChI=1S/C19H27ClN6S.HI/c1-3-17-24-15(13-27-17)7-10-23-19(21-4-2)25-14-8-11-26(12-14)18-16(20)6-5-9-22-18;/h5-6,9,13-14H,3-4,7-8,10-12H2,1-2H3,(H2,21,23,25);1H. The van der Waals surface area contributed by atoms with Crippen molar-refractivity contribution >= 4 is 58.7 Å². The van der Waals surface area contributed by atoms with Crippen molar-refractivity contribution in [2.24, 2.45) is 4.99 Å². The minimum Gasteiger partial charge on any atom is -0.357 e. The normalized spacial score (nSPS) is 16.8. The third-order valence-corrected chi connectivity index (χ3v) is 5.79. The summed E-state index contributed by atoms with van der Waals surface area (Å²) in [6.07, 6.45) is 4.68. The molecule has 3 rings (SSSR count). The van der Waals surface area contributed by atoms with E-state index in [9.17, 15) is 0 Å². The number of aryl methyl sites for hydroxylation is 1. The van der Waals surface area contributed by atoms with Crippen molar-refractivity contribution in [3.63, 3.8) is 0 Å². The average Bonchev–Trinajstić information content (AvgIpc) is 3.32. The Balaban J connectivity index is 0.00000280. The lowest BCUT2D eigenvalue weighted by Crippen LogP contribution is -2.44. The van der Waals surface area contributed by atoms with Crippen LogP contribution in [0.2, 0.25) is 5.02 Å². The lowest BCUT2D eigenvalue weighted by Gasteiger charge is -2.20. The number of halogens is 2. The van der Waals surface area contributed by atoms with Crippen molar-refractivity contribution in [2.75, 3.05) is 31.1 Å². The maximum absolute atomic E-state index is 6.28. The summed E-state index contributed by atoms with van der Waals surface area (Å²) < 4.78 is 0. The Labute approximate surface area is 193 Å². The van der Waals surface area contributed by atoms with Crippen molar-refractivity contribution in [3.8, 4) is 0 Å². The van der Waals surface area contributed by atoms with Gasteiger partial charge in [0.15, 0.2) is 5.96 Å². The first kappa shape index (κ1) is 23.2. The molecule has 6 nitrogen and oxygen atoms in total. The summed E-state index contributed by atoms with van der Waals surface area (Å²) >= 11 is 8.01. The van der Waals surface area contributed by atoms with E-state index in [4.69, 9.17) is 16.6 Å². The van der Waals surface area contributed by atoms with Crippen LogP contribution in [0, 0.1) is 0 Å². The Morgan fingerprint density at radius 1 is 1.43 bits per heavy atom. The lowest BCUT2D eigenvalue weighted by atomic mass is 10.3. The summed E-state index contributed by atoms with van der Waals surface area (Å²) in [5.41, 5.74) is 1.13. The molecule has 28 heavy (non-hydrogen) atoms. The van der Waals surface area contributed by atoms with Crippen molar-refractivity contribution in [1.82, 2.24) is 20.6 Å². The van der Waals surface area contributed by atoms with Crippen LogP contribution in [0.3, 0.4) is 0 Å². The van der Waals surface area contributed by atoms with Gasteiger partial charge in [-0.25, -0.2) is 9.97 Å². The Kier molecular flexibility index (Phi) is 9.73. The maximum atomic E-state index is 6.28. The van der Waals surface area contributed by atoms with E-state index in [1.807, 2.05) is 12.1 Å². The third-order valence-electron chi connectivity index (χ3n) is 4.45. The highest BCUT2D eigenvalue weighted by Gasteiger charge is 2.25. The van der Waals surface area contributed by atoms with Crippen LogP contribution >= 0.6 is 46.9 Å². The van der Waals surface area contributed by atoms with E-state index in [0.717, 1.165) is 62.9 Å². The monoisotopic (exact) mass is 534 g/mol. The highest BCUT2D eigenvalue weighted by molar-refractivity contribution is 14.0. The first-order valence-corrected chi connectivity index (χ1v) is 10.8. The second-order valence-corrected chi connectivity index (χ2v) is 7.83. The number of guanidine groups is 1. The predicted molar refractivity (Wildman–Crippen MR) is 130 cm³/mol. The van der Waals surface area contributed by atoms with E-state index < -0.39 is 0 Å². The summed E-state index contributed by atoms with van der Waals surface area (Å²) in [7, 11) is 0. The first-order valence-electron chi connectivity index (χ1n) is 9.53. The molecule has 0 aromatic carbocycles. The first-order chi connectivity index (χ1) is 13.2. The molecule has 1 atom stereocenters. The number of nitrogens with zero attached hydrogens (tertiary/aromatic N) is 4. The molecule has 1 unspecified atom stereocenters. The van der Waals surface area contributed by atoms with Gasteiger partial charge in [0, 0.05) is 50.2 Å². The van der Waals surface area contributed by atoms with Crippen LogP contribution in [0.5, 0.6) is 0 Å². The second kappa shape index (κ2) is 11.8. The summed E-state index contributed by atoms with van der Waals surface area (Å²) in [4.78, 5) is 16.0. The van der Waals surface area contributed by atoms with Crippen molar-refractivity contribution in [3.05, 3.63) is 39.4 Å².